The molecule has 2 heterocycles. The molecule has 2 amide bonds. The van der Waals surface area contributed by atoms with Crippen LogP contribution in [0.25, 0.3) is 11.0 Å². The number of rotatable bonds is 3. The second-order valence-electron chi connectivity index (χ2n) is 6.33. The van der Waals surface area contributed by atoms with E-state index in [2.05, 4.69) is 10.6 Å². The van der Waals surface area contributed by atoms with Gasteiger partial charge in [0.25, 0.3) is 0 Å². The van der Waals surface area contributed by atoms with E-state index in [-0.39, 0.29) is 12.1 Å². The van der Waals surface area contributed by atoms with Crippen LogP contribution in [0.3, 0.4) is 0 Å². The lowest BCUT2D eigenvalue weighted by atomic mass is 10.1. The molecule has 0 bridgehead atoms. The van der Waals surface area contributed by atoms with Crippen molar-refractivity contribution in [3.05, 3.63) is 59.4 Å². The highest BCUT2D eigenvalue weighted by atomic mass is 16.5. The smallest absolute Gasteiger partial charge is 0.319 e. The van der Waals surface area contributed by atoms with Crippen molar-refractivity contribution in [2.45, 2.75) is 26.3 Å². The zero-order chi connectivity index (χ0) is 17.4. The van der Waals surface area contributed by atoms with Crippen molar-refractivity contribution in [1.29, 1.82) is 0 Å². The van der Waals surface area contributed by atoms with Crippen LogP contribution in [0, 0.1) is 6.92 Å². The van der Waals surface area contributed by atoms with Crippen LogP contribution in [0.5, 0.6) is 5.75 Å². The van der Waals surface area contributed by atoms with E-state index in [0.29, 0.717) is 6.61 Å². The predicted molar refractivity (Wildman–Crippen MR) is 97.2 cm³/mol. The molecule has 128 valence electrons. The fourth-order valence-electron chi connectivity index (χ4n) is 3.30. The molecular formula is C20H20N2O3. The minimum Gasteiger partial charge on any atom is -0.493 e. The molecule has 2 aromatic carbocycles. The number of aryl methyl sites for hydroxylation is 1. The molecule has 0 spiro atoms. The first-order valence-corrected chi connectivity index (χ1v) is 8.43. The summed E-state index contributed by atoms with van der Waals surface area (Å²) in [5, 5.41) is 6.89. The molecule has 1 aliphatic heterocycles. The molecule has 0 fully saturated rings. The zero-order valence-corrected chi connectivity index (χ0v) is 14.3. The van der Waals surface area contributed by atoms with Crippen molar-refractivity contribution in [1.82, 2.24) is 5.32 Å². The summed E-state index contributed by atoms with van der Waals surface area (Å²) in [5.41, 5.74) is 3.77. The monoisotopic (exact) mass is 336 g/mol. The number of ether oxygens (including phenoxy) is 1. The molecule has 0 saturated carbocycles. The minimum absolute atomic E-state index is 0.231. The molecule has 1 aliphatic rings. The van der Waals surface area contributed by atoms with Gasteiger partial charge in [0.15, 0.2) is 0 Å². The van der Waals surface area contributed by atoms with Gasteiger partial charge in [-0.15, -0.1) is 0 Å². The topological polar surface area (TPSA) is 63.5 Å². The highest BCUT2D eigenvalue weighted by molar-refractivity contribution is 5.90. The Kier molecular flexibility index (Phi) is 3.84. The van der Waals surface area contributed by atoms with Crippen LogP contribution in [0.15, 0.2) is 46.9 Å². The maximum atomic E-state index is 12.3. The minimum atomic E-state index is -0.258. The first-order chi connectivity index (χ1) is 12.1. The number of hydrogen-bond donors (Lipinski definition) is 2. The summed E-state index contributed by atoms with van der Waals surface area (Å²) < 4.78 is 11.4. The number of para-hydroxylation sites is 1. The Morgan fingerprint density at radius 3 is 2.88 bits per heavy atom. The molecule has 4 rings (SSSR count). The van der Waals surface area contributed by atoms with Crippen LogP contribution < -0.4 is 15.4 Å². The summed E-state index contributed by atoms with van der Waals surface area (Å²) in [4.78, 5) is 12.3. The largest absolute Gasteiger partial charge is 0.493 e. The molecule has 1 aromatic heterocycles. The van der Waals surface area contributed by atoms with Gasteiger partial charge in [-0.2, -0.15) is 0 Å². The van der Waals surface area contributed by atoms with Gasteiger partial charge in [-0.1, -0.05) is 18.2 Å². The number of hydrogen-bond acceptors (Lipinski definition) is 3. The fraction of sp³-hybridized carbons (Fsp3) is 0.250. The normalized spacial score (nSPS) is 14.0. The molecule has 5 nitrogen and oxygen atoms in total. The van der Waals surface area contributed by atoms with Crippen molar-refractivity contribution in [2.75, 3.05) is 11.9 Å². The Morgan fingerprint density at radius 2 is 2.04 bits per heavy atom. The molecule has 0 saturated heterocycles. The van der Waals surface area contributed by atoms with Crippen molar-refractivity contribution in [2.24, 2.45) is 0 Å². The summed E-state index contributed by atoms with van der Waals surface area (Å²) >= 11 is 0. The first kappa shape index (κ1) is 15.6. The summed E-state index contributed by atoms with van der Waals surface area (Å²) in [5.74, 6) is 1.68. The van der Waals surface area contributed by atoms with Gasteiger partial charge in [-0.05, 0) is 43.7 Å². The van der Waals surface area contributed by atoms with Gasteiger partial charge >= 0.3 is 6.03 Å². The Hall–Kier alpha value is -2.95. The summed E-state index contributed by atoms with van der Waals surface area (Å²) in [6.07, 6.45) is 0.876. The summed E-state index contributed by atoms with van der Waals surface area (Å²) in [6, 6.07) is 13.1. The van der Waals surface area contributed by atoms with E-state index in [1.807, 2.05) is 56.3 Å². The maximum Gasteiger partial charge on any atom is 0.319 e. The fourth-order valence-corrected chi connectivity index (χ4v) is 3.30. The number of anilines is 1. The standard InChI is InChI=1S/C20H20N2O3/c1-12-16-5-3-4-6-18(16)25-19(12)13(2)21-20(23)22-15-7-8-17-14(11-15)9-10-24-17/h3-8,11,13H,9-10H2,1-2H3,(H2,21,22,23)/t13-/m1/s1. The van der Waals surface area contributed by atoms with E-state index in [9.17, 15) is 4.79 Å². The van der Waals surface area contributed by atoms with Crippen LogP contribution in [0.2, 0.25) is 0 Å². The third kappa shape index (κ3) is 2.93. The second-order valence-corrected chi connectivity index (χ2v) is 6.33. The van der Waals surface area contributed by atoms with E-state index < -0.39 is 0 Å². The van der Waals surface area contributed by atoms with Gasteiger partial charge in [-0.25, -0.2) is 4.79 Å². The number of amides is 2. The average molecular weight is 336 g/mol. The van der Waals surface area contributed by atoms with Crippen LogP contribution in [0.4, 0.5) is 10.5 Å². The average Bonchev–Trinajstić information content (AvgIpc) is 3.19. The zero-order valence-electron chi connectivity index (χ0n) is 14.3. The number of furan rings is 1. The number of carbonyl (C=O) groups excluding carboxylic acids is 1. The van der Waals surface area contributed by atoms with E-state index in [4.69, 9.17) is 9.15 Å². The van der Waals surface area contributed by atoms with E-state index in [1.165, 1.54) is 0 Å². The van der Waals surface area contributed by atoms with Gasteiger partial charge in [0.05, 0.1) is 12.6 Å². The quantitative estimate of drug-likeness (QED) is 0.737. The Morgan fingerprint density at radius 1 is 1.20 bits per heavy atom. The second kappa shape index (κ2) is 6.16. The first-order valence-electron chi connectivity index (χ1n) is 8.43. The Labute approximate surface area is 146 Å². The predicted octanol–water partition coefficient (Wildman–Crippen LogP) is 4.56. The van der Waals surface area contributed by atoms with Crippen molar-refractivity contribution in [3.8, 4) is 5.75 Å². The van der Waals surface area contributed by atoms with Gasteiger partial charge in [0, 0.05) is 23.1 Å². The van der Waals surface area contributed by atoms with Crippen LogP contribution in [0.1, 0.15) is 29.9 Å². The van der Waals surface area contributed by atoms with Crippen LogP contribution in [-0.2, 0) is 6.42 Å². The lowest BCUT2D eigenvalue weighted by Crippen LogP contribution is -2.31. The van der Waals surface area contributed by atoms with Crippen LogP contribution in [-0.4, -0.2) is 12.6 Å². The van der Waals surface area contributed by atoms with Crippen molar-refractivity contribution >= 4 is 22.7 Å². The Bertz CT molecular complexity index is 945. The third-order valence-corrected chi connectivity index (χ3v) is 4.57. The van der Waals surface area contributed by atoms with Gasteiger partial charge in [0.2, 0.25) is 0 Å². The number of nitrogens with one attached hydrogen (secondary N) is 2. The molecule has 0 unspecified atom stereocenters. The number of benzene rings is 2. The van der Waals surface area contributed by atoms with Crippen LogP contribution >= 0.6 is 0 Å². The number of urea groups is 1. The highest BCUT2D eigenvalue weighted by Crippen LogP contribution is 2.30. The number of carbonyl (C=O) groups is 1. The highest BCUT2D eigenvalue weighted by Gasteiger charge is 2.19. The molecule has 3 aromatic rings. The Balaban J connectivity index is 1.47. The maximum absolute atomic E-state index is 12.3. The molecule has 1 atom stereocenters. The van der Waals surface area contributed by atoms with E-state index >= 15 is 0 Å². The van der Waals surface area contributed by atoms with Gasteiger partial charge < -0.3 is 19.8 Å². The van der Waals surface area contributed by atoms with E-state index in [0.717, 1.165) is 45.7 Å². The van der Waals surface area contributed by atoms with Gasteiger partial charge in [-0.3, -0.25) is 0 Å². The molecule has 5 heteroatoms. The molecule has 2 N–H and O–H groups in total. The summed E-state index contributed by atoms with van der Waals surface area (Å²) in [7, 11) is 0. The van der Waals surface area contributed by atoms with Gasteiger partial charge in [0.1, 0.15) is 17.1 Å². The summed E-state index contributed by atoms with van der Waals surface area (Å²) in [6.45, 7) is 4.63. The molecular weight excluding hydrogens is 316 g/mol. The molecule has 0 radical (unpaired) electrons. The van der Waals surface area contributed by atoms with E-state index in [1.54, 1.807) is 0 Å². The van der Waals surface area contributed by atoms with Crippen molar-refractivity contribution < 1.29 is 13.9 Å². The third-order valence-electron chi connectivity index (χ3n) is 4.57. The SMILES string of the molecule is Cc1c([C@@H](C)NC(=O)Nc2ccc3c(c2)CCO3)oc2ccccc12. The van der Waals surface area contributed by atoms with Crippen molar-refractivity contribution in [3.63, 3.8) is 0 Å². The molecule has 25 heavy (non-hydrogen) atoms. The lowest BCUT2D eigenvalue weighted by molar-refractivity contribution is 0.248. The molecule has 0 aliphatic carbocycles. The lowest BCUT2D eigenvalue weighted by Gasteiger charge is -2.14. The number of fused-ring (bicyclic) bond motifs is 2.